The molecule has 10 heteroatoms. The number of aromatic nitrogens is 3. The van der Waals surface area contributed by atoms with Crippen LogP contribution < -0.4 is 16.0 Å². The summed E-state index contributed by atoms with van der Waals surface area (Å²) in [6.45, 7) is 4.41. The zero-order chi connectivity index (χ0) is 25.0. The van der Waals surface area contributed by atoms with E-state index in [9.17, 15) is 4.79 Å². The van der Waals surface area contributed by atoms with Crippen molar-refractivity contribution in [1.29, 1.82) is 0 Å². The lowest BCUT2D eigenvalue weighted by molar-refractivity contribution is -0.0386. The molecule has 1 saturated carbocycles. The number of benzene rings is 1. The van der Waals surface area contributed by atoms with Gasteiger partial charge in [-0.2, -0.15) is 0 Å². The summed E-state index contributed by atoms with van der Waals surface area (Å²) in [4.78, 5) is 22.1. The third-order valence-corrected chi connectivity index (χ3v) is 7.54. The number of pyridine rings is 1. The van der Waals surface area contributed by atoms with E-state index in [2.05, 4.69) is 25.9 Å². The summed E-state index contributed by atoms with van der Waals surface area (Å²) in [6.07, 6.45) is 4.70. The van der Waals surface area contributed by atoms with E-state index >= 15 is 4.39 Å². The molecule has 1 aromatic carbocycles. The van der Waals surface area contributed by atoms with Crippen molar-refractivity contribution in [1.82, 2.24) is 19.9 Å². The lowest BCUT2D eigenvalue weighted by Gasteiger charge is -2.37. The van der Waals surface area contributed by atoms with Crippen molar-refractivity contribution >= 4 is 34.4 Å². The third kappa shape index (κ3) is 4.08. The van der Waals surface area contributed by atoms with Gasteiger partial charge in [0.05, 0.1) is 42.3 Å². The van der Waals surface area contributed by atoms with Crippen LogP contribution in [0.3, 0.4) is 0 Å². The van der Waals surface area contributed by atoms with Gasteiger partial charge in [-0.1, -0.05) is 6.07 Å². The Hall–Kier alpha value is -3.24. The first-order valence-corrected chi connectivity index (χ1v) is 12.6. The van der Waals surface area contributed by atoms with Crippen molar-refractivity contribution in [2.45, 2.75) is 76.4 Å². The maximum absolute atomic E-state index is 16.0. The molecule has 2 aliphatic heterocycles. The molecule has 2 fully saturated rings. The van der Waals surface area contributed by atoms with E-state index in [4.69, 9.17) is 9.47 Å². The highest BCUT2D eigenvalue weighted by Crippen LogP contribution is 2.38. The van der Waals surface area contributed by atoms with Gasteiger partial charge in [-0.3, -0.25) is 0 Å². The highest BCUT2D eigenvalue weighted by atomic mass is 19.1. The quantitative estimate of drug-likeness (QED) is 0.477. The molecule has 3 aromatic rings. The first-order valence-electron chi connectivity index (χ1n) is 12.6. The van der Waals surface area contributed by atoms with Crippen LogP contribution in [0.4, 0.5) is 26.4 Å². The molecule has 0 radical (unpaired) electrons. The molecule has 3 aliphatic rings. The fraction of sp³-hybridized carbons (Fsp3) is 0.500. The smallest absolute Gasteiger partial charge is 0.328 e. The summed E-state index contributed by atoms with van der Waals surface area (Å²) in [5.41, 5.74) is 3.53. The van der Waals surface area contributed by atoms with Crippen LogP contribution in [0.25, 0.3) is 11.2 Å². The Morgan fingerprint density at radius 3 is 2.69 bits per heavy atom. The van der Waals surface area contributed by atoms with E-state index in [0.717, 1.165) is 31.2 Å². The van der Waals surface area contributed by atoms with E-state index in [0.29, 0.717) is 40.5 Å². The van der Waals surface area contributed by atoms with Gasteiger partial charge in [0.25, 0.3) is 0 Å². The number of hydrogen-bond acceptors (Lipinski definition) is 7. The molecule has 1 unspecified atom stereocenters. The number of hydrogen-bond donors (Lipinski definition) is 3. The Kier molecular flexibility index (Phi) is 5.80. The molecule has 0 spiro atoms. The number of amides is 1. The molecule has 1 amide bonds. The molecular weight excluding hydrogens is 463 g/mol. The second-order valence-corrected chi connectivity index (χ2v) is 10.2. The molecule has 4 bridgehead atoms. The molecule has 36 heavy (non-hydrogen) atoms. The molecule has 4 heterocycles. The average molecular weight is 495 g/mol. The first-order chi connectivity index (χ1) is 17.4. The summed E-state index contributed by atoms with van der Waals surface area (Å²) >= 11 is 0. The molecule has 5 atom stereocenters. The predicted octanol–water partition coefficient (Wildman–Crippen LogP) is 4.65. The first kappa shape index (κ1) is 23.2. The standard InChI is InChI=1S/C26H31FN6O3/c1-13-6-16(7-14(2)36-13)17-8-15-9-19(23(17)27)30-22-10-20(28-3)24-25(32-22)33(12-29-24)26(34)31-18-4-5-21(18)35-11-15/h8-10,12-14,16,18,21H,4-7,11H2,1-3H3,(H,31,34)(H2,28,30,32)/t13-,14+,16?,18-,21-/m1/s1. The van der Waals surface area contributed by atoms with Crippen molar-refractivity contribution in [3.05, 3.63) is 41.5 Å². The van der Waals surface area contributed by atoms with E-state index in [1.165, 1.54) is 10.9 Å². The number of carbonyl (C=O) groups is 1. The van der Waals surface area contributed by atoms with Crippen molar-refractivity contribution in [3.63, 3.8) is 0 Å². The number of rotatable bonds is 2. The average Bonchev–Trinajstić information content (AvgIpc) is 3.26. The Labute approximate surface area is 208 Å². The number of nitrogens with one attached hydrogen (secondary N) is 3. The second-order valence-electron chi connectivity index (χ2n) is 10.2. The van der Waals surface area contributed by atoms with Crippen LogP contribution in [-0.4, -0.2) is 52.0 Å². The number of nitrogens with zero attached hydrogens (tertiary/aromatic N) is 3. The Morgan fingerprint density at radius 2 is 1.97 bits per heavy atom. The second kappa shape index (κ2) is 9.01. The molecule has 2 aromatic heterocycles. The minimum atomic E-state index is -0.311. The van der Waals surface area contributed by atoms with Crippen LogP contribution >= 0.6 is 0 Å². The SMILES string of the molecule is CNc1cc2nc3c1ncn3C(=O)N[C@@H]1CC[C@H]1OCc1cc(c(F)c(C3C[C@@H](C)O[C@@H](C)C3)c1)N2. The van der Waals surface area contributed by atoms with E-state index in [1.807, 2.05) is 19.9 Å². The van der Waals surface area contributed by atoms with Gasteiger partial charge in [0.1, 0.15) is 23.5 Å². The number of carbonyl (C=O) groups excluding carboxylic acids is 1. The predicted molar refractivity (Wildman–Crippen MR) is 134 cm³/mol. The van der Waals surface area contributed by atoms with E-state index in [1.54, 1.807) is 19.2 Å². The summed E-state index contributed by atoms with van der Waals surface area (Å²) < 4.78 is 29.5. The van der Waals surface area contributed by atoms with Crippen molar-refractivity contribution in [3.8, 4) is 0 Å². The summed E-state index contributed by atoms with van der Waals surface area (Å²) in [5, 5.41) is 9.35. The zero-order valence-corrected chi connectivity index (χ0v) is 20.7. The third-order valence-electron chi connectivity index (χ3n) is 7.54. The van der Waals surface area contributed by atoms with Crippen molar-refractivity contribution in [2.24, 2.45) is 0 Å². The highest BCUT2D eigenvalue weighted by Gasteiger charge is 2.34. The number of anilines is 3. The minimum Gasteiger partial charge on any atom is -0.386 e. The van der Waals surface area contributed by atoms with Gasteiger partial charge in [-0.15, -0.1) is 0 Å². The van der Waals surface area contributed by atoms with Gasteiger partial charge in [0.15, 0.2) is 5.65 Å². The summed E-state index contributed by atoms with van der Waals surface area (Å²) in [7, 11) is 1.78. The van der Waals surface area contributed by atoms with Gasteiger partial charge in [0.2, 0.25) is 0 Å². The van der Waals surface area contributed by atoms with Crippen molar-refractivity contribution < 1.29 is 18.7 Å². The topological polar surface area (TPSA) is 102 Å². The van der Waals surface area contributed by atoms with Gasteiger partial charge in [0, 0.05) is 13.1 Å². The largest absolute Gasteiger partial charge is 0.386 e. The van der Waals surface area contributed by atoms with E-state index < -0.39 is 0 Å². The van der Waals surface area contributed by atoms with Gasteiger partial charge in [-0.05, 0) is 62.6 Å². The lowest BCUT2D eigenvalue weighted by atomic mass is 9.85. The lowest BCUT2D eigenvalue weighted by Crippen LogP contribution is -2.52. The van der Waals surface area contributed by atoms with Crippen LogP contribution in [0, 0.1) is 5.82 Å². The number of fused-ring (bicyclic) bond motifs is 4. The van der Waals surface area contributed by atoms with Crippen LogP contribution in [-0.2, 0) is 16.1 Å². The van der Waals surface area contributed by atoms with Crippen LogP contribution in [0.15, 0.2) is 24.5 Å². The van der Waals surface area contributed by atoms with Crippen molar-refractivity contribution in [2.75, 3.05) is 17.7 Å². The molecule has 6 rings (SSSR count). The fourth-order valence-corrected chi connectivity index (χ4v) is 5.64. The molecule has 9 nitrogen and oxygen atoms in total. The van der Waals surface area contributed by atoms with Crippen LogP contribution in [0.5, 0.6) is 0 Å². The van der Waals surface area contributed by atoms with Crippen LogP contribution in [0.2, 0.25) is 0 Å². The van der Waals surface area contributed by atoms with Gasteiger partial charge in [-0.25, -0.2) is 23.7 Å². The van der Waals surface area contributed by atoms with Gasteiger partial charge < -0.3 is 25.4 Å². The molecule has 1 saturated heterocycles. The number of ether oxygens (including phenoxy) is 2. The molecular formula is C26H31FN6O3. The Balaban J connectivity index is 1.48. The minimum absolute atomic E-state index is 0.0450. The maximum atomic E-state index is 16.0. The number of halogens is 1. The molecule has 1 aliphatic carbocycles. The zero-order valence-electron chi connectivity index (χ0n) is 20.7. The van der Waals surface area contributed by atoms with Gasteiger partial charge >= 0.3 is 6.03 Å². The number of imidazole rings is 1. The molecule has 3 N–H and O–H groups in total. The van der Waals surface area contributed by atoms with E-state index in [-0.39, 0.29) is 42.1 Å². The monoisotopic (exact) mass is 494 g/mol. The molecule has 190 valence electrons. The maximum Gasteiger partial charge on any atom is 0.328 e. The fourth-order valence-electron chi connectivity index (χ4n) is 5.64. The summed E-state index contributed by atoms with van der Waals surface area (Å²) in [5.74, 6) is 0.165. The normalized spacial score (nSPS) is 28.0. The Morgan fingerprint density at radius 1 is 1.17 bits per heavy atom. The highest BCUT2D eigenvalue weighted by molar-refractivity contribution is 5.94. The summed E-state index contributed by atoms with van der Waals surface area (Å²) in [6, 6.07) is 5.09. The van der Waals surface area contributed by atoms with Crippen LogP contribution in [0.1, 0.15) is 56.6 Å². The Bertz CT molecular complexity index is 1320.